The minimum absolute atomic E-state index is 0.0189. The molecule has 1 atom stereocenters. The summed E-state index contributed by atoms with van der Waals surface area (Å²) >= 11 is 5.85. The molecule has 6 nitrogen and oxygen atoms in total. The lowest BCUT2D eigenvalue weighted by Gasteiger charge is -2.32. The zero-order valence-electron chi connectivity index (χ0n) is 16.0. The monoisotopic (exact) mass is 401 g/mol. The van der Waals surface area contributed by atoms with Gasteiger partial charge in [0.15, 0.2) is 6.10 Å². The van der Waals surface area contributed by atoms with Crippen molar-refractivity contribution < 1.29 is 14.3 Å². The smallest absolute Gasteiger partial charge is 0.265 e. The third-order valence-corrected chi connectivity index (χ3v) is 4.94. The number of carbonyl (C=O) groups is 2. The number of carbonyl (C=O) groups excluding carboxylic acids is 2. The Labute approximate surface area is 170 Å². The largest absolute Gasteiger partial charge is 0.481 e. The van der Waals surface area contributed by atoms with Crippen molar-refractivity contribution in [3.05, 3.63) is 59.1 Å². The molecule has 0 radical (unpaired) electrons. The molecular formula is C21H24ClN3O3. The van der Waals surface area contributed by atoms with Crippen molar-refractivity contribution in [1.29, 1.82) is 0 Å². The number of amides is 2. The second-order valence-electron chi connectivity index (χ2n) is 6.88. The van der Waals surface area contributed by atoms with Crippen LogP contribution in [0.5, 0.6) is 5.75 Å². The third-order valence-electron chi connectivity index (χ3n) is 4.69. The van der Waals surface area contributed by atoms with E-state index >= 15 is 0 Å². The molecule has 3 rings (SSSR count). The molecule has 1 unspecified atom stereocenters. The van der Waals surface area contributed by atoms with Crippen molar-refractivity contribution in [3.63, 3.8) is 0 Å². The average Bonchev–Trinajstić information content (AvgIpc) is 2.70. The first kappa shape index (κ1) is 20.2. The van der Waals surface area contributed by atoms with Gasteiger partial charge in [-0.05, 0) is 62.5 Å². The number of halogens is 1. The number of piperazine rings is 1. The third kappa shape index (κ3) is 5.24. The van der Waals surface area contributed by atoms with Crippen LogP contribution in [0.2, 0.25) is 5.02 Å². The number of hydrogen-bond donors (Lipinski definition) is 1. The molecule has 1 aliphatic heterocycles. The van der Waals surface area contributed by atoms with Crippen LogP contribution in [0.4, 0.5) is 5.69 Å². The Kier molecular flexibility index (Phi) is 6.54. The molecule has 0 bridgehead atoms. The number of hydrogen-bond acceptors (Lipinski definition) is 4. The van der Waals surface area contributed by atoms with Gasteiger partial charge in [0.2, 0.25) is 0 Å². The van der Waals surface area contributed by atoms with Gasteiger partial charge in [0, 0.05) is 42.5 Å². The van der Waals surface area contributed by atoms with Gasteiger partial charge in [-0.25, -0.2) is 0 Å². The van der Waals surface area contributed by atoms with Crippen molar-refractivity contribution in [1.82, 2.24) is 9.80 Å². The van der Waals surface area contributed by atoms with Crippen molar-refractivity contribution in [2.45, 2.75) is 13.0 Å². The van der Waals surface area contributed by atoms with Crippen LogP contribution in [0.1, 0.15) is 17.3 Å². The number of rotatable bonds is 5. The van der Waals surface area contributed by atoms with Gasteiger partial charge < -0.3 is 19.9 Å². The summed E-state index contributed by atoms with van der Waals surface area (Å²) in [5, 5.41) is 3.41. The van der Waals surface area contributed by atoms with E-state index in [1.54, 1.807) is 55.5 Å². The summed E-state index contributed by atoms with van der Waals surface area (Å²) in [4.78, 5) is 29.0. The highest BCUT2D eigenvalue weighted by molar-refractivity contribution is 6.30. The van der Waals surface area contributed by atoms with Crippen LogP contribution in [0, 0.1) is 0 Å². The summed E-state index contributed by atoms with van der Waals surface area (Å²) in [6.07, 6.45) is -0.673. The van der Waals surface area contributed by atoms with Gasteiger partial charge in [-0.15, -0.1) is 0 Å². The molecule has 0 saturated carbocycles. The van der Waals surface area contributed by atoms with E-state index in [-0.39, 0.29) is 11.8 Å². The Balaban J connectivity index is 1.55. The molecule has 0 spiro atoms. The predicted molar refractivity (Wildman–Crippen MR) is 110 cm³/mol. The van der Waals surface area contributed by atoms with Crippen molar-refractivity contribution in [2.75, 3.05) is 38.5 Å². The summed E-state index contributed by atoms with van der Waals surface area (Å²) in [6, 6.07) is 13.8. The van der Waals surface area contributed by atoms with E-state index in [1.807, 2.05) is 4.90 Å². The lowest BCUT2D eigenvalue weighted by atomic mass is 10.1. The zero-order chi connectivity index (χ0) is 20.1. The maximum atomic E-state index is 12.6. The zero-order valence-corrected chi connectivity index (χ0v) is 16.8. The van der Waals surface area contributed by atoms with E-state index in [2.05, 4.69) is 17.3 Å². The number of ether oxygens (including phenoxy) is 1. The molecule has 0 aromatic heterocycles. The number of nitrogens with one attached hydrogen (secondary N) is 1. The molecule has 2 aromatic carbocycles. The summed E-state index contributed by atoms with van der Waals surface area (Å²) < 4.78 is 5.62. The molecule has 2 amide bonds. The molecule has 148 valence electrons. The summed E-state index contributed by atoms with van der Waals surface area (Å²) in [5.41, 5.74) is 1.24. The molecule has 28 heavy (non-hydrogen) atoms. The van der Waals surface area contributed by atoms with E-state index in [0.29, 0.717) is 22.0 Å². The van der Waals surface area contributed by atoms with E-state index in [4.69, 9.17) is 16.3 Å². The molecule has 1 fully saturated rings. The van der Waals surface area contributed by atoms with Gasteiger partial charge >= 0.3 is 0 Å². The molecule has 1 aliphatic rings. The van der Waals surface area contributed by atoms with E-state index in [0.717, 1.165) is 26.2 Å². The molecular weight excluding hydrogens is 378 g/mol. The number of benzene rings is 2. The molecule has 1 N–H and O–H groups in total. The standard InChI is InChI=1S/C21H24ClN3O3/c1-15(28-19-9-5-17(22)6-10-19)20(26)23-18-7-3-16(4-8-18)21(27)25-13-11-24(2)12-14-25/h3-10,15H,11-14H2,1-2H3,(H,23,26). The fourth-order valence-corrected chi connectivity index (χ4v) is 3.03. The quantitative estimate of drug-likeness (QED) is 0.836. The molecule has 1 saturated heterocycles. The van der Waals surface area contributed by atoms with Crippen LogP contribution >= 0.6 is 11.6 Å². The van der Waals surface area contributed by atoms with E-state index < -0.39 is 6.10 Å². The first-order chi connectivity index (χ1) is 13.4. The van der Waals surface area contributed by atoms with Crippen LogP contribution in [0.15, 0.2) is 48.5 Å². The highest BCUT2D eigenvalue weighted by Gasteiger charge is 2.20. The SMILES string of the molecule is CC(Oc1ccc(Cl)cc1)C(=O)Nc1ccc(C(=O)N2CCN(C)CC2)cc1. The normalized spacial score (nSPS) is 15.8. The second-order valence-corrected chi connectivity index (χ2v) is 7.31. The summed E-state index contributed by atoms with van der Waals surface area (Å²) in [7, 11) is 2.05. The average molecular weight is 402 g/mol. The van der Waals surface area contributed by atoms with Gasteiger partial charge in [0.05, 0.1) is 0 Å². The lowest BCUT2D eigenvalue weighted by molar-refractivity contribution is -0.122. The fourth-order valence-electron chi connectivity index (χ4n) is 2.90. The van der Waals surface area contributed by atoms with Crippen LogP contribution < -0.4 is 10.1 Å². The Morgan fingerprint density at radius 1 is 1.00 bits per heavy atom. The maximum Gasteiger partial charge on any atom is 0.265 e. The van der Waals surface area contributed by atoms with Crippen LogP contribution in [-0.4, -0.2) is 60.9 Å². The van der Waals surface area contributed by atoms with Gasteiger partial charge in [-0.3, -0.25) is 9.59 Å². The van der Waals surface area contributed by atoms with Gasteiger partial charge in [0.1, 0.15) is 5.75 Å². The Morgan fingerprint density at radius 2 is 1.61 bits per heavy atom. The first-order valence-corrected chi connectivity index (χ1v) is 9.61. The number of anilines is 1. The second kappa shape index (κ2) is 9.08. The first-order valence-electron chi connectivity index (χ1n) is 9.23. The summed E-state index contributed by atoms with van der Waals surface area (Å²) in [5.74, 6) is 0.318. The lowest BCUT2D eigenvalue weighted by Crippen LogP contribution is -2.47. The topological polar surface area (TPSA) is 61.9 Å². The van der Waals surface area contributed by atoms with Crippen LogP contribution in [-0.2, 0) is 4.79 Å². The van der Waals surface area contributed by atoms with Gasteiger partial charge in [-0.1, -0.05) is 11.6 Å². The Bertz CT molecular complexity index is 816. The highest BCUT2D eigenvalue weighted by Crippen LogP contribution is 2.18. The minimum atomic E-state index is -0.673. The van der Waals surface area contributed by atoms with Gasteiger partial charge in [-0.2, -0.15) is 0 Å². The van der Waals surface area contributed by atoms with Gasteiger partial charge in [0.25, 0.3) is 11.8 Å². The van der Waals surface area contributed by atoms with Crippen molar-refractivity contribution in [3.8, 4) is 5.75 Å². The molecule has 1 heterocycles. The van der Waals surface area contributed by atoms with Crippen LogP contribution in [0.3, 0.4) is 0 Å². The number of likely N-dealkylation sites (N-methyl/N-ethyl adjacent to an activating group) is 1. The Morgan fingerprint density at radius 3 is 2.21 bits per heavy atom. The molecule has 7 heteroatoms. The predicted octanol–water partition coefficient (Wildman–Crippen LogP) is 3.13. The maximum absolute atomic E-state index is 12.6. The van der Waals surface area contributed by atoms with Crippen molar-refractivity contribution >= 4 is 29.1 Å². The van der Waals surface area contributed by atoms with Crippen LogP contribution in [0.25, 0.3) is 0 Å². The fraction of sp³-hybridized carbons (Fsp3) is 0.333. The van der Waals surface area contributed by atoms with E-state index in [1.165, 1.54) is 0 Å². The summed E-state index contributed by atoms with van der Waals surface area (Å²) in [6.45, 7) is 4.90. The van der Waals surface area contributed by atoms with Crippen molar-refractivity contribution in [2.24, 2.45) is 0 Å². The molecule has 0 aliphatic carbocycles. The Hall–Kier alpha value is -2.57. The molecule has 2 aromatic rings. The minimum Gasteiger partial charge on any atom is -0.481 e. The highest BCUT2D eigenvalue weighted by atomic mass is 35.5. The number of nitrogens with zero attached hydrogens (tertiary/aromatic N) is 2. The van der Waals surface area contributed by atoms with E-state index in [9.17, 15) is 9.59 Å².